The number of morpholine rings is 1. The van der Waals surface area contributed by atoms with Crippen molar-refractivity contribution in [2.24, 2.45) is 0 Å². The van der Waals surface area contributed by atoms with Gasteiger partial charge in [-0.3, -0.25) is 4.79 Å². The van der Waals surface area contributed by atoms with Crippen LogP contribution in [0.2, 0.25) is 0 Å². The van der Waals surface area contributed by atoms with Crippen molar-refractivity contribution in [3.8, 4) is 0 Å². The van der Waals surface area contributed by atoms with Gasteiger partial charge in [-0.05, 0) is 0 Å². The number of anilines is 1. The molecule has 4 nitrogen and oxygen atoms in total. The van der Waals surface area contributed by atoms with E-state index in [1.807, 2.05) is 13.8 Å². The fourth-order valence-corrected chi connectivity index (χ4v) is 1.42. The van der Waals surface area contributed by atoms with E-state index in [2.05, 4.69) is 9.88 Å². The van der Waals surface area contributed by atoms with Crippen molar-refractivity contribution in [1.29, 1.82) is 0 Å². The van der Waals surface area contributed by atoms with E-state index in [1.165, 1.54) is 6.07 Å². The van der Waals surface area contributed by atoms with Gasteiger partial charge in [0, 0.05) is 31.4 Å². The van der Waals surface area contributed by atoms with Gasteiger partial charge in [-0.25, -0.2) is 0 Å². The number of hydrogen-bond acceptors (Lipinski definition) is 3. The average molecular weight is 210 g/mol. The van der Waals surface area contributed by atoms with Gasteiger partial charge in [0.2, 0.25) is 0 Å². The van der Waals surface area contributed by atoms with Crippen LogP contribution in [0.1, 0.15) is 13.8 Å². The summed E-state index contributed by atoms with van der Waals surface area (Å²) in [7, 11) is 0. The van der Waals surface area contributed by atoms with Crippen LogP contribution in [0.4, 0.5) is 5.82 Å². The predicted octanol–water partition coefficient (Wildman–Crippen LogP) is 1.24. The average Bonchev–Trinajstić information content (AvgIpc) is 2.33. The maximum atomic E-state index is 11.1. The van der Waals surface area contributed by atoms with Crippen LogP contribution >= 0.6 is 0 Å². The van der Waals surface area contributed by atoms with Crippen LogP contribution < -0.4 is 10.3 Å². The van der Waals surface area contributed by atoms with Crippen LogP contribution in [0, 0.1) is 0 Å². The van der Waals surface area contributed by atoms with E-state index < -0.39 is 0 Å². The number of ether oxygens (including phenoxy) is 1. The molecule has 0 atom stereocenters. The highest BCUT2D eigenvalue weighted by molar-refractivity contribution is 5.37. The van der Waals surface area contributed by atoms with Gasteiger partial charge < -0.3 is 14.6 Å². The highest BCUT2D eigenvalue weighted by Crippen LogP contribution is 2.08. The Hall–Kier alpha value is -1.29. The molecule has 1 fully saturated rings. The Kier molecular flexibility index (Phi) is 4.90. The topological polar surface area (TPSA) is 45.3 Å². The highest BCUT2D eigenvalue weighted by Gasteiger charge is 2.10. The lowest BCUT2D eigenvalue weighted by Gasteiger charge is -2.27. The van der Waals surface area contributed by atoms with Crippen molar-refractivity contribution in [1.82, 2.24) is 4.98 Å². The van der Waals surface area contributed by atoms with Gasteiger partial charge >= 0.3 is 0 Å². The summed E-state index contributed by atoms with van der Waals surface area (Å²) in [6, 6.07) is 3.13. The maximum Gasteiger partial charge on any atom is 0.183 e. The number of H-pyrrole nitrogens is 1. The minimum absolute atomic E-state index is 0.0419. The Morgan fingerprint density at radius 1 is 1.33 bits per heavy atom. The van der Waals surface area contributed by atoms with Crippen molar-refractivity contribution < 1.29 is 4.74 Å². The third-order valence-electron chi connectivity index (χ3n) is 2.11. The zero-order valence-corrected chi connectivity index (χ0v) is 9.32. The third kappa shape index (κ3) is 3.40. The Morgan fingerprint density at radius 2 is 2.00 bits per heavy atom. The first kappa shape index (κ1) is 11.8. The first-order valence-corrected chi connectivity index (χ1v) is 5.38. The molecule has 0 saturated carbocycles. The second kappa shape index (κ2) is 6.24. The molecule has 1 aromatic heterocycles. The van der Waals surface area contributed by atoms with Gasteiger partial charge in [-0.2, -0.15) is 0 Å². The van der Waals surface area contributed by atoms with Crippen molar-refractivity contribution >= 4 is 5.82 Å². The quantitative estimate of drug-likeness (QED) is 0.758. The molecule has 0 radical (unpaired) electrons. The van der Waals surface area contributed by atoms with E-state index in [1.54, 1.807) is 12.3 Å². The first-order chi connectivity index (χ1) is 7.36. The first-order valence-electron chi connectivity index (χ1n) is 5.38. The van der Waals surface area contributed by atoms with Crippen molar-refractivity contribution in [3.05, 3.63) is 28.6 Å². The molecular weight excluding hydrogens is 192 g/mol. The fourth-order valence-electron chi connectivity index (χ4n) is 1.42. The van der Waals surface area contributed by atoms with E-state index in [0.717, 1.165) is 32.1 Å². The summed E-state index contributed by atoms with van der Waals surface area (Å²) in [6.45, 7) is 7.16. The number of rotatable bonds is 1. The summed E-state index contributed by atoms with van der Waals surface area (Å²) < 4.78 is 5.22. The zero-order chi connectivity index (χ0) is 11.1. The number of nitrogens with zero attached hydrogens (tertiary/aromatic N) is 1. The zero-order valence-electron chi connectivity index (χ0n) is 9.32. The van der Waals surface area contributed by atoms with Crippen LogP contribution in [0.25, 0.3) is 0 Å². The number of nitrogens with one attached hydrogen (secondary N) is 1. The fraction of sp³-hybridized carbons (Fsp3) is 0.545. The van der Waals surface area contributed by atoms with Crippen molar-refractivity contribution in [2.45, 2.75) is 13.8 Å². The predicted molar refractivity (Wildman–Crippen MR) is 61.4 cm³/mol. The van der Waals surface area contributed by atoms with E-state index in [9.17, 15) is 4.79 Å². The van der Waals surface area contributed by atoms with Gasteiger partial charge in [0.25, 0.3) is 0 Å². The molecule has 0 aliphatic carbocycles. The summed E-state index contributed by atoms with van der Waals surface area (Å²) in [5, 5.41) is 0. The maximum absolute atomic E-state index is 11.1. The summed E-state index contributed by atoms with van der Waals surface area (Å²) in [6.07, 6.45) is 1.67. The molecule has 84 valence electrons. The number of pyridine rings is 1. The minimum atomic E-state index is 0.0419. The molecule has 0 aromatic carbocycles. The van der Waals surface area contributed by atoms with Crippen molar-refractivity contribution in [3.63, 3.8) is 0 Å². The van der Waals surface area contributed by atoms with Crippen LogP contribution in [-0.4, -0.2) is 31.3 Å². The second-order valence-electron chi connectivity index (χ2n) is 3.01. The van der Waals surface area contributed by atoms with Gasteiger partial charge in [-0.1, -0.05) is 13.8 Å². The van der Waals surface area contributed by atoms with Crippen molar-refractivity contribution in [2.75, 3.05) is 31.2 Å². The molecule has 1 aliphatic rings. The molecular formula is C11H18N2O2. The molecule has 2 heterocycles. The Balaban J connectivity index is 0.000000531. The standard InChI is InChI=1S/C9H12N2O2.C2H6/c12-8-1-2-10-9(7-8)11-3-5-13-6-4-11;1-2/h1-2,7H,3-6H2,(H,10,12);1-2H3. The molecule has 1 aromatic rings. The number of hydrogen-bond donors (Lipinski definition) is 1. The molecule has 1 saturated heterocycles. The van der Waals surface area contributed by atoms with E-state index in [4.69, 9.17) is 4.74 Å². The van der Waals surface area contributed by atoms with E-state index >= 15 is 0 Å². The highest BCUT2D eigenvalue weighted by atomic mass is 16.5. The lowest BCUT2D eigenvalue weighted by atomic mass is 10.3. The van der Waals surface area contributed by atoms with Crippen LogP contribution in [0.5, 0.6) is 0 Å². The molecule has 0 spiro atoms. The molecule has 2 rings (SSSR count). The Morgan fingerprint density at radius 3 is 2.60 bits per heavy atom. The number of aromatic amines is 1. The van der Waals surface area contributed by atoms with E-state index in [0.29, 0.717) is 0 Å². The minimum Gasteiger partial charge on any atom is -0.378 e. The molecule has 0 unspecified atom stereocenters. The van der Waals surface area contributed by atoms with Gasteiger partial charge in [0.1, 0.15) is 5.82 Å². The molecule has 0 bridgehead atoms. The normalized spacial score (nSPS) is 15.5. The lowest BCUT2D eigenvalue weighted by Crippen LogP contribution is -2.37. The van der Waals surface area contributed by atoms with Crippen LogP contribution in [0.3, 0.4) is 0 Å². The third-order valence-corrected chi connectivity index (χ3v) is 2.11. The second-order valence-corrected chi connectivity index (χ2v) is 3.01. The Bertz CT molecular complexity index is 329. The largest absolute Gasteiger partial charge is 0.378 e. The molecule has 15 heavy (non-hydrogen) atoms. The van der Waals surface area contributed by atoms with Crippen LogP contribution in [0.15, 0.2) is 23.1 Å². The van der Waals surface area contributed by atoms with E-state index in [-0.39, 0.29) is 5.43 Å². The lowest BCUT2D eigenvalue weighted by molar-refractivity contribution is 0.122. The van der Waals surface area contributed by atoms with Gasteiger partial charge in [0.05, 0.1) is 13.2 Å². The summed E-state index contributed by atoms with van der Waals surface area (Å²) >= 11 is 0. The molecule has 1 aliphatic heterocycles. The Labute approximate surface area is 89.9 Å². The smallest absolute Gasteiger partial charge is 0.183 e. The summed E-state index contributed by atoms with van der Waals surface area (Å²) in [5.74, 6) is 0.885. The monoisotopic (exact) mass is 210 g/mol. The molecule has 1 N–H and O–H groups in total. The molecule has 0 amide bonds. The van der Waals surface area contributed by atoms with Crippen LogP contribution in [-0.2, 0) is 4.74 Å². The summed E-state index contributed by atoms with van der Waals surface area (Å²) in [4.78, 5) is 16.2. The van der Waals surface area contributed by atoms with Gasteiger partial charge in [-0.15, -0.1) is 0 Å². The molecule has 4 heteroatoms. The number of aromatic nitrogens is 1. The SMILES string of the molecule is CC.O=c1cc[nH]c(N2CCOCC2)c1. The summed E-state index contributed by atoms with van der Waals surface area (Å²) in [5.41, 5.74) is 0.0419. The van der Waals surface area contributed by atoms with Gasteiger partial charge in [0.15, 0.2) is 5.43 Å².